The number of rotatable bonds is 3. The van der Waals surface area contributed by atoms with Crippen LogP contribution in [0, 0.1) is 13.8 Å². The van der Waals surface area contributed by atoms with Crippen molar-refractivity contribution in [3.05, 3.63) is 17.6 Å². The molecule has 5 nitrogen and oxygen atoms in total. The van der Waals surface area contributed by atoms with Crippen LogP contribution in [0.25, 0.3) is 0 Å². The highest BCUT2D eigenvalue weighted by molar-refractivity contribution is 5.83. The van der Waals surface area contributed by atoms with Crippen molar-refractivity contribution < 1.29 is 4.79 Å². The molecule has 0 saturated heterocycles. The van der Waals surface area contributed by atoms with E-state index in [1.807, 2.05) is 26.8 Å². The molecule has 0 radical (unpaired) electrons. The van der Waals surface area contributed by atoms with Crippen molar-refractivity contribution >= 4 is 11.7 Å². The van der Waals surface area contributed by atoms with Gasteiger partial charge in [0.1, 0.15) is 17.7 Å². The molecule has 1 heterocycles. The van der Waals surface area contributed by atoms with Crippen molar-refractivity contribution in [3.63, 3.8) is 0 Å². The van der Waals surface area contributed by atoms with Crippen LogP contribution in [-0.4, -0.2) is 40.9 Å². The summed E-state index contributed by atoms with van der Waals surface area (Å²) < 4.78 is 0. The van der Waals surface area contributed by atoms with Crippen LogP contribution < -0.4 is 5.32 Å². The van der Waals surface area contributed by atoms with Crippen LogP contribution in [0.3, 0.4) is 0 Å². The number of likely N-dealkylation sites (N-methyl/N-ethyl adjacent to an activating group) is 1. The van der Waals surface area contributed by atoms with Crippen molar-refractivity contribution in [2.24, 2.45) is 0 Å². The van der Waals surface area contributed by atoms with Crippen LogP contribution >= 0.6 is 0 Å². The zero-order chi connectivity index (χ0) is 12.3. The van der Waals surface area contributed by atoms with Crippen molar-refractivity contribution in [1.82, 2.24) is 14.9 Å². The zero-order valence-corrected chi connectivity index (χ0v) is 10.4. The third-order valence-electron chi connectivity index (χ3n) is 2.14. The van der Waals surface area contributed by atoms with Gasteiger partial charge in [-0.05, 0) is 20.8 Å². The standard InChI is InChI=1S/C11H18N4O/c1-7-6-10(14-9(3)12-7)13-8(2)11(16)15(4)5/h6,8H,1-5H3,(H,12,13,14). The molecule has 0 saturated carbocycles. The van der Waals surface area contributed by atoms with E-state index < -0.39 is 0 Å². The van der Waals surface area contributed by atoms with Gasteiger partial charge in [0.15, 0.2) is 0 Å². The Labute approximate surface area is 95.9 Å². The molecule has 0 aliphatic rings. The van der Waals surface area contributed by atoms with Crippen LogP contribution in [0.5, 0.6) is 0 Å². The molecule has 5 heteroatoms. The molecule has 0 aliphatic heterocycles. The van der Waals surface area contributed by atoms with Crippen molar-refractivity contribution in [1.29, 1.82) is 0 Å². The average molecular weight is 222 g/mol. The van der Waals surface area contributed by atoms with Crippen molar-refractivity contribution in [2.45, 2.75) is 26.8 Å². The van der Waals surface area contributed by atoms with Gasteiger partial charge >= 0.3 is 0 Å². The Bertz CT molecular complexity index is 369. The summed E-state index contributed by atoms with van der Waals surface area (Å²) in [6, 6.07) is 1.54. The fraction of sp³-hybridized carbons (Fsp3) is 0.545. The Morgan fingerprint density at radius 2 is 2.00 bits per heavy atom. The lowest BCUT2D eigenvalue weighted by atomic mass is 10.3. The highest BCUT2D eigenvalue weighted by atomic mass is 16.2. The van der Waals surface area contributed by atoms with Gasteiger partial charge in [-0.2, -0.15) is 0 Å². The van der Waals surface area contributed by atoms with Gasteiger partial charge in [0.25, 0.3) is 0 Å². The summed E-state index contributed by atoms with van der Waals surface area (Å²) in [5, 5.41) is 3.06. The number of carbonyl (C=O) groups excluding carboxylic acids is 1. The maximum Gasteiger partial charge on any atom is 0.244 e. The molecule has 1 aromatic rings. The predicted octanol–water partition coefficient (Wildman–Crippen LogP) is 0.982. The summed E-state index contributed by atoms with van der Waals surface area (Å²) >= 11 is 0. The van der Waals surface area contributed by atoms with Crippen LogP contribution in [0.15, 0.2) is 6.07 Å². The number of aryl methyl sites for hydroxylation is 2. The molecule has 16 heavy (non-hydrogen) atoms. The molecule has 0 spiro atoms. The second-order valence-electron chi connectivity index (χ2n) is 4.04. The topological polar surface area (TPSA) is 58.1 Å². The Morgan fingerprint density at radius 3 is 2.50 bits per heavy atom. The van der Waals surface area contributed by atoms with E-state index in [0.29, 0.717) is 11.6 Å². The van der Waals surface area contributed by atoms with Crippen LogP contribution in [0.1, 0.15) is 18.4 Å². The summed E-state index contributed by atoms with van der Waals surface area (Å²) in [7, 11) is 3.47. The summed E-state index contributed by atoms with van der Waals surface area (Å²) in [4.78, 5) is 21.6. The van der Waals surface area contributed by atoms with Gasteiger partial charge in [0.2, 0.25) is 5.91 Å². The molecular formula is C11H18N4O. The predicted molar refractivity (Wildman–Crippen MR) is 63.3 cm³/mol. The minimum absolute atomic E-state index is 0.0221. The first-order valence-corrected chi connectivity index (χ1v) is 5.20. The zero-order valence-electron chi connectivity index (χ0n) is 10.4. The lowest BCUT2D eigenvalue weighted by molar-refractivity contribution is -0.129. The highest BCUT2D eigenvalue weighted by Gasteiger charge is 2.14. The first kappa shape index (κ1) is 12.4. The Morgan fingerprint density at radius 1 is 1.38 bits per heavy atom. The molecule has 0 fully saturated rings. The van der Waals surface area contributed by atoms with E-state index in [1.165, 1.54) is 0 Å². The molecule has 0 bridgehead atoms. The third kappa shape index (κ3) is 3.18. The second kappa shape index (κ2) is 4.92. The molecule has 0 aliphatic carbocycles. The lowest BCUT2D eigenvalue weighted by Gasteiger charge is -2.18. The lowest BCUT2D eigenvalue weighted by Crippen LogP contribution is -2.36. The van der Waals surface area contributed by atoms with Gasteiger partial charge in [-0.15, -0.1) is 0 Å². The molecule has 1 aromatic heterocycles. The Kier molecular flexibility index (Phi) is 3.82. The number of hydrogen-bond donors (Lipinski definition) is 1. The number of nitrogens with zero attached hydrogens (tertiary/aromatic N) is 3. The minimum Gasteiger partial charge on any atom is -0.359 e. The van der Waals surface area contributed by atoms with Crippen LogP contribution in [-0.2, 0) is 4.79 Å². The molecule has 88 valence electrons. The smallest absolute Gasteiger partial charge is 0.244 e. The van der Waals surface area contributed by atoms with Gasteiger partial charge in [-0.25, -0.2) is 9.97 Å². The summed E-state index contributed by atoms with van der Waals surface area (Å²) in [6.45, 7) is 5.55. The summed E-state index contributed by atoms with van der Waals surface area (Å²) in [5.41, 5.74) is 0.888. The van der Waals surface area contributed by atoms with Crippen LogP contribution in [0.4, 0.5) is 5.82 Å². The van der Waals surface area contributed by atoms with E-state index in [4.69, 9.17) is 0 Å². The number of anilines is 1. The highest BCUT2D eigenvalue weighted by Crippen LogP contribution is 2.07. The monoisotopic (exact) mass is 222 g/mol. The van der Waals surface area contributed by atoms with Gasteiger partial charge in [-0.3, -0.25) is 4.79 Å². The largest absolute Gasteiger partial charge is 0.359 e. The maximum absolute atomic E-state index is 11.6. The van der Waals surface area contributed by atoms with Crippen molar-refractivity contribution in [2.75, 3.05) is 19.4 Å². The first-order valence-electron chi connectivity index (χ1n) is 5.20. The van der Waals surface area contributed by atoms with E-state index in [1.54, 1.807) is 19.0 Å². The van der Waals surface area contributed by atoms with E-state index in [9.17, 15) is 4.79 Å². The Balaban J connectivity index is 2.76. The molecule has 1 atom stereocenters. The fourth-order valence-electron chi connectivity index (χ4n) is 1.46. The molecule has 1 rings (SSSR count). The van der Waals surface area contributed by atoms with Gasteiger partial charge in [0, 0.05) is 25.9 Å². The van der Waals surface area contributed by atoms with Gasteiger partial charge in [0.05, 0.1) is 0 Å². The fourth-order valence-corrected chi connectivity index (χ4v) is 1.46. The number of nitrogens with one attached hydrogen (secondary N) is 1. The van der Waals surface area contributed by atoms with E-state index >= 15 is 0 Å². The third-order valence-corrected chi connectivity index (χ3v) is 2.14. The molecular weight excluding hydrogens is 204 g/mol. The number of carbonyl (C=O) groups is 1. The molecule has 1 N–H and O–H groups in total. The number of amides is 1. The quantitative estimate of drug-likeness (QED) is 0.828. The first-order chi connectivity index (χ1) is 7.40. The second-order valence-corrected chi connectivity index (χ2v) is 4.04. The number of hydrogen-bond acceptors (Lipinski definition) is 4. The summed E-state index contributed by atoms with van der Waals surface area (Å²) in [5.74, 6) is 1.41. The summed E-state index contributed by atoms with van der Waals surface area (Å²) in [6.07, 6.45) is 0. The van der Waals surface area contributed by atoms with E-state index in [0.717, 1.165) is 5.69 Å². The minimum atomic E-state index is -0.288. The maximum atomic E-state index is 11.6. The van der Waals surface area contributed by atoms with Gasteiger partial charge < -0.3 is 10.2 Å². The normalized spacial score (nSPS) is 12.1. The van der Waals surface area contributed by atoms with E-state index in [2.05, 4.69) is 15.3 Å². The number of aromatic nitrogens is 2. The van der Waals surface area contributed by atoms with Crippen LogP contribution in [0.2, 0.25) is 0 Å². The molecule has 0 aromatic carbocycles. The van der Waals surface area contributed by atoms with Crippen molar-refractivity contribution in [3.8, 4) is 0 Å². The molecule has 1 amide bonds. The van der Waals surface area contributed by atoms with Gasteiger partial charge in [-0.1, -0.05) is 0 Å². The van der Waals surface area contributed by atoms with E-state index in [-0.39, 0.29) is 11.9 Å². The molecule has 1 unspecified atom stereocenters. The SMILES string of the molecule is Cc1cc(NC(C)C(=O)N(C)C)nc(C)n1. The Hall–Kier alpha value is -1.65. The average Bonchev–Trinajstić information content (AvgIpc) is 2.14.